The minimum atomic E-state index is -3.24. The fraction of sp³-hybridized carbons (Fsp3) is 0.308. The third-order valence-electron chi connectivity index (χ3n) is 3.12. The number of aromatic nitrogens is 2. The van der Waals surface area contributed by atoms with E-state index >= 15 is 0 Å². The summed E-state index contributed by atoms with van der Waals surface area (Å²) >= 11 is 6.16. The number of rotatable bonds is 4. The van der Waals surface area contributed by atoms with Crippen molar-refractivity contribution in [2.75, 3.05) is 13.3 Å². The number of hydrogen-bond acceptors (Lipinski definition) is 4. The molecule has 2 aromatic rings. The molecule has 0 saturated carbocycles. The topological polar surface area (TPSA) is 64.0 Å². The van der Waals surface area contributed by atoms with Crippen LogP contribution in [0.3, 0.4) is 0 Å². The summed E-state index contributed by atoms with van der Waals surface area (Å²) in [7, 11) is 0.351. The number of nitrogens with zero attached hydrogens (tertiary/aromatic N) is 2. The van der Waals surface area contributed by atoms with E-state index in [0.29, 0.717) is 5.02 Å². The molecule has 0 fully saturated rings. The fourth-order valence-electron chi connectivity index (χ4n) is 2.13. The largest absolute Gasteiger partial charge is 0.308 e. The van der Waals surface area contributed by atoms with Gasteiger partial charge in [-0.2, -0.15) is 5.10 Å². The molecule has 1 aromatic heterocycles. The molecule has 1 heterocycles. The lowest BCUT2D eigenvalue weighted by molar-refractivity contribution is 0.597. The predicted molar refractivity (Wildman–Crippen MR) is 78.7 cm³/mol. The van der Waals surface area contributed by atoms with Crippen LogP contribution in [0, 0.1) is 0 Å². The number of halogens is 1. The Hall–Kier alpha value is -1.37. The summed E-state index contributed by atoms with van der Waals surface area (Å²) in [6.45, 7) is 0. The first kappa shape index (κ1) is 15.0. The summed E-state index contributed by atoms with van der Waals surface area (Å²) < 4.78 is 25.0. The normalized spacial score (nSPS) is 13.4. The molecule has 1 unspecified atom stereocenters. The highest BCUT2D eigenvalue weighted by Gasteiger charge is 2.20. The Kier molecular flexibility index (Phi) is 4.17. The molecule has 108 valence electrons. The van der Waals surface area contributed by atoms with E-state index in [1.165, 1.54) is 6.26 Å². The van der Waals surface area contributed by atoms with E-state index in [1.807, 2.05) is 6.07 Å². The zero-order chi connectivity index (χ0) is 14.9. The van der Waals surface area contributed by atoms with Gasteiger partial charge in [0.25, 0.3) is 0 Å². The van der Waals surface area contributed by atoms with Crippen LogP contribution in [0.15, 0.2) is 35.4 Å². The van der Waals surface area contributed by atoms with Crippen LogP contribution in [0.4, 0.5) is 0 Å². The molecule has 0 amide bonds. The van der Waals surface area contributed by atoms with E-state index in [4.69, 9.17) is 11.6 Å². The molecule has 20 heavy (non-hydrogen) atoms. The number of hydrogen-bond donors (Lipinski definition) is 1. The van der Waals surface area contributed by atoms with Crippen LogP contribution in [-0.4, -0.2) is 31.5 Å². The molecule has 5 nitrogen and oxygen atoms in total. The van der Waals surface area contributed by atoms with Crippen LogP contribution in [0.25, 0.3) is 0 Å². The molecule has 0 aliphatic heterocycles. The molecule has 1 aromatic carbocycles. The Bertz CT molecular complexity index is 705. The van der Waals surface area contributed by atoms with E-state index in [1.54, 1.807) is 43.2 Å². The van der Waals surface area contributed by atoms with Crippen molar-refractivity contribution in [3.8, 4) is 0 Å². The summed E-state index contributed by atoms with van der Waals surface area (Å²) in [6, 6.07) is 6.59. The maximum Gasteiger partial charge on any atom is 0.175 e. The smallest absolute Gasteiger partial charge is 0.175 e. The van der Waals surface area contributed by atoms with E-state index in [2.05, 4.69) is 10.4 Å². The van der Waals surface area contributed by atoms with Gasteiger partial charge in [-0.1, -0.05) is 23.7 Å². The maximum absolute atomic E-state index is 11.7. The number of nitrogens with one attached hydrogen (secondary N) is 1. The summed E-state index contributed by atoms with van der Waals surface area (Å²) in [4.78, 5) is 0.286. The molecule has 0 radical (unpaired) electrons. The highest BCUT2D eigenvalue weighted by Crippen LogP contribution is 2.28. The summed E-state index contributed by atoms with van der Waals surface area (Å²) in [5.74, 6) is 0. The van der Waals surface area contributed by atoms with Crippen molar-refractivity contribution in [2.24, 2.45) is 7.05 Å². The predicted octanol–water partition coefficient (Wildman–Crippen LogP) is 1.79. The monoisotopic (exact) mass is 313 g/mol. The van der Waals surface area contributed by atoms with Crippen molar-refractivity contribution in [2.45, 2.75) is 10.9 Å². The molecule has 0 saturated heterocycles. The molecule has 0 spiro atoms. The lowest BCUT2D eigenvalue weighted by atomic mass is 10.0. The first-order valence-electron chi connectivity index (χ1n) is 5.99. The highest BCUT2D eigenvalue weighted by atomic mass is 35.5. The van der Waals surface area contributed by atoms with Crippen LogP contribution >= 0.6 is 11.6 Å². The molecule has 0 aliphatic carbocycles. The van der Waals surface area contributed by atoms with Crippen molar-refractivity contribution in [3.63, 3.8) is 0 Å². The van der Waals surface area contributed by atoms with Gasteiger partial charge in [-0.15, -0.1) is 0 Å². The van der Waals surface area contributed by atoms with Crippen molar-refractivity contribution < 1.29 is 8.42 Å². The van der Waals surface area contributed by atoms with Crippen molar-refractivity contribution in [1.29, 1.82) is 0 Å². The Labute approximate surface area is 123 Å². The molecule has 0 aliphatic rings. The molecule has 1 N–H and O–H groups in total. The molecule has 1 atom stereocenters. The van der Waals surface area contributed by atoms with Crippen LogP contribution in [0.2, 0.25) is 5.02 Å². The zero-order valence-electron chi connectivity index (χ0n) is 11.5. The second-order valence-corrected chi connectivity index (χ2v) is 6.99. The van der Waals surface area contributed by atoms with Crippen LogP contribution < -0.4 is 5.32 Å². The van der Waals surface area contributed by atoms with Gasteiger partial charge in [-0.3, -0.25) is 4.68 Å². The average Bonchev–Trinajstić information content (AvgIpc) is 2.71. The first-order chi connectivity index (χ1) is 9.34. The second kappa shape index (κ2) is 5.55. The Balaban J connectivity index is 2.54. The van der Waals surface area contributed by atoms with Crippen molar-refractivity contribution in [1.82, 2.24) is 15.1 Å². The first-order valence-corrected chi connectivity index (χ1v) is 8.26. The SMILES string of the molecule is CNC(c1cccc(S(C)(=O)=O)c1)c1c(Cl)cnn1C. The van der Waals surface area contributed by atoms with Gasteiger partial charge in [-0.05, 0) is 24.7 Å². The van der Waals surface area contributed by atoms with Gasteiger partial charge in [0.2, 0.25) is 0 Å². The number of sulfone groups is 1. The van der Waals surface area contributed by atoms with E-state index in [-0.39, 0.29) is 10.9 Å². The Morgan fingerprint density at radius 2 is 2.10 bits per heavy atom. The van der Waals surface area contributed by atoms with E-state index in [0.717, 1.165) is 11.3 Å². The standard InChI is InChI=1S/C13H16ClN3O2S/c1-15-12(13-11(14)8-16-17(13)2)9-5-4-6-10(7-9)20(3,18)19/h4-8,12,15H,1-3H3. The third kappa shape index (κ3) is 2.87. The van der Waals surface area contributed by atoms with Gasteiger partial charge in [0.1, 0.15) is 0 Å². The lowest BCUT2D eigenvalue weighted by Gasteiger charge is -2.18. The van der Waals surface area contributed by atoms with E-state index < -0.39 is 9.84 Å². The summed E-state index contributed by atoms with van der Waals surface area (Å²) in [5.41, 5.74) is 1.61. The van der Waals surface area contributed by atoms with E-state index in [9.17, 15) is 8.42 Å². The van der Waals surface area contributed by atoms with Gasteiger partial charge >= 0.3 is 0 Å². The Morgan fingerprint density at radius 1 is 1.40 bits per heavy atom. The van der Waals surface area contributed by atoms with Crippen LogP contribution in [0.1, 0.15) is 17.3 Å². The summed E-state index contributed by atoms with van der Waals surface area (Å²) in [5, 5.41) is 7.79. The number of aryl methyl sites for hydroxylation is 1. The highest BCUT2D eigenvalue weighted by molar-refractivity contribution is 7.90. The fourth-order valence-corrected chi connectivity index (χ4v) is 3.08. The minimum Gasteiger partial charge on any atom is -0.308 e. The quantitative estimate of drug-likeness (QED) is 0.934. The van der Waals surface area contributed by atoms with Gasteiger partial charge in [0, 0.05) is 13.3 Å². The average molecular weight is 314 g/mol. The summed E-state index contributed by atoms with van der Waals surface area (Å²) in [6.07, 6.45) is 2.76. The molecular formula is C13H16ClN3O2S. The third-order valence-corrected chi connectivity index (χ3v) is 4.52. The van der Waals surface area contributed by atoms with Gasteiger partial charge in [-0.25, -0.2) is 8.42 Å². The van der Waals surface area contributed by atoms with Gasteiger partial charge in [0.05, 0.1) is 27.9 Å². The number of benzene rings is 1. The zero-order valence-corrected chi connectivity index (χ0v) is 13.0. The molecular weight excluding hydrogens is 298 g/mol. The van der Waals surface area contributed by atoms with Gasteiger partial charge < -0.3 is 5.32 Å². The molecule has 0 bridgehead atoms. The molecule has 2 rings (SSSR count). The van der Waals surface area contributed by atoms with Crippen LogP contribution in [-0.2, 0) is 16.9 Å². The second-order valence-electron chi connectivity index (χ2n) is 4.57. The maximum atomic E-state index is 11.7. The Morgan fingerprint density at radius 3 is 2.60 bits per heavy atom. The van der Waals surface area contributed by atoms with Crippen molar-refractivity contribution in [3.05, 3.63) is 46.7 Å². The minimum absolute atomic E-state index is 0.225. The lowest BCUT2D eigenvalue weighted by Crippen LogP contribution is -2.21. The van der Waals surface area contributed by atoms with Crippen molar-refractivity contribution >= 4 is 21.4 Å². The molecule has 7 heteroatoms. The van der Waals surface area contributed by atoms with Gasteiger partial charge in [0.15, 0.2) is 9.84 Å². The van der Waals surface area contributed by atoms with Crippen LogP contribution in [0.5, 0.6) is 0 Å².